The lowest BCUT2D eigenvalue weighted by molar-refractivity contribution is 0.415. The van der Waals surface area contributed by atoms with Gasteiger partial charge in [0, 0.05) is 25.0 Å². The largest absolute Gasteiger partial charge is 0.497 e. The predicted molar refractivity (Wildman–Crippen MR) is 82.8 cm³/mol. The van der Waals surface area contributed by atoms with Crippen molar-refractivity contribution < 1.29 is 4.74 Å². The zero-order valence-corrected chi connectivity index (χ0v) is 12.2. The number of hydrogen-bond acceptors (Lipinski definition) is 5. The van der Waals surface area contributed by atoms with Gasteiger partial charge in [0.1, 0.15) is 11.6 Å². The maximum absolute atomic E-state index is 5.31. The third-order valence-corrected chi connectivity index (χ3v) is 3.98. The number of fused-ring (bicyclic) bond motifs is 1. The minimum Gasteiger partial charge on any atom is -0.497 e. The summed E-state index contributed by atoms with van der Waals surface area (Å²) in [6.07, 6.45) is 0.725. The molecule has 0 fully saturated rings. The minimum atomic E-state index is 0.725. The summed E-state index contributed by atoms with van der Waals surface area (Å²) >= 11 is 1.38. The van der Waals surface area contributed by atoms with Gasteiger partial charge in [-0.15, -0.1) is 0 Å². The van der Waals surface area contributed by atoms with Crippen molar-refractivity contribution in [3.8, 4) is 5.75 Å². The number of methoxy groups -OCH3 is 1. The molecule has 1 N–H and O–H groups in total. The third-order valence-electron chi connectivity index (χ3n) is 3.21. The topological polar surface area (TPSA) is 47.0 Å². The summed E-state index contributed by atoms with van der Waals surface area (Å²) in [5.41, 5.74) is 1.21. The Morgan fingerprint density at radius 2 is 2.15 bits per heavy atom. The fraction of sp³-hybridized carbons (Fsp3) is 0.200. The molecule has 0 spiro atoms. The molecule has 0 aliphatic heterocycles. The second-order valence-corrected chi connectivity index (χ2v) is 5.20. The summed E-state index contributed by atoms with van der Waals surface area (Å²) in [7, 11) is 3.54. The Kier molecular flexibility index (Phi) is 3.52. The lowest BCUT2D eigenvalue weighted by Gasteiger charge is -2.07. The van der Waals surface area contributed by atoms with Gasteiger partial charge in [-0.3, -0.25) is 0 Å². The van der Waals surface area contributed by atoms with E-state index >= 15 is 0 Å². The highest BCUT2D eigenvalue weighted by Gasteiger charge is 2.07. The van der Waals surface area contributed by atoms with Crippen molar-refractivity contribution in [1.82, 2.24) is 9.36 Å². The third kappa shape index (κ3) is 2.44. The van der Waals surface area contributed by atoms with Gasteiger partial charge in [0.2, 0.25) is 5.13 Å². The number of rotatable bonds is 4. The van der Waals surface area contributed by atoms with Crippen LogP contribution in [0.25, 0.3) is 10.8 Å². The van der Waals surface area contributed by atoms with Gasteiger partial charge < -0.3 is 10.1 Å². The summed E-state index contributed by atoms with van der Waals surface area (Å²) < 4.78 is 9.68. The van der Waals surface area contributed by atoms with E-state index in [2.05, 4.69) is 45.0 Å². The SMILES string of the molecule is CNc1nc(Cc2cccc3ccc(OC)cc23)ns1. The average Bonchev–Trinajstić information content (AvgIpc) is 2.95. The van der Waals surface area contributed by atoms with Crippen LogP contribution in [0.15, 0.2) is 36.4 Å². The van der Waals surface area contributed by atoms with Crippen LogP contribution in [0.5, 0.6) is 5.75 Å². The van der Waals surface area contributed by atoms with Crippen molar-refractivity contribution in [3.63, 3.8) is 0 Å². The normalized spacial score (nSPS) is 10.7. The quantitative estimate of drug-likeness (QED) is 0.798. The molecule has 0 saturated carbocycles. The fourth-order valence-corrected chi connectivity index (χ4v) is 2.73. The Hall–Kier alpha value is -2.14. The van der Waals surface area contributed by atoms with Gasteiger partial charge in [-0.1, -0.05) is 24.3 Å². The molecule has 0 unspecified atom stereocenters. The van der Waals surface area contributed by atoms with Crippen molar-refractivity contribution in [2.45, 2.75) is 6.42 Å². The van der Waals surface area contributed by atoms with E-state index in [4.69, 9.17) is 4.74 Å². The first-order valence-corrected chi connectivity index (χ1v) is 7.13. The number of benzene rings is 2. The fourth-order valence-electron chi connectivity index (χ4n) is 2.20. The van der Waals surface area contributed by atoms with Crippen LogP contribution in [-0.2, 0) is 6.42 Å². The molecule has 0 saturated heterocycles. The average molecular weight is 285 g/mol. The summed E-state index contributed by atoms with van der Waals surface area (Å²) in [4.78, 5) is 4.44. The first-order chi connectivity index (χ1) is 9.80. The van der Waals surface area contributed by atoms with Gasteiger partial charge in [0.05, 0.1) is 7.11 Å². The van der Waals surface area contributed by atoms with Gasteiger partial charge in [-0.05, 0) is 28.5 Å². The Balaban J connectivity index is 2.01. The predicted octanol–water partition coefficient (Wildman–Crippen LogP) is 3.33. The van der Waals surface area contributed by atoms with Crippen LogP contribution in [0.4, 0.5) is 5.13 Å². The smallest absolute Gasteiger partial charge is 0.202 e. The highest BCUT2D eigenvalue weighted by atomic mass is 32.1. The van der Waals surface area contributed by atoms with E-state index in [0.29, 0.717) is 0 Å². The van der Waals surface area contributed by atoms with Gasteiger partial charge in [0.25, 0.3) is 0 Å². The molecule has 0 atom stereocenters. The van der Waals surface area contributed by atoms with E-state index in [-0.39, 0.29) is 0 Å². The number of ether oxygens (including phenoxy) is 1. The van der Waals surface area contributed by atoms with Crippen LogP contribution < -0.4 is 10.1 Å². The lowest BCUT2D eigenvalue weighted by Crippen LogP contribution is -1.94. The van der Waals surface area contributed by atoms with E-state index in [0.717, 1.165) is 23.1 Å². The van der Waals surface area contributed by atoms with Gasteiger partial charge >= 0.3 is 0 Å². The number of hydrogen-bond donors (Lipinski definition) is 1. The first kappa shape index (κ1) is 12.9. The standard InChI is InChI=1S/C15H15N3OS/c1-16-15-17-14(18-20-15)8-11-5-3-4-10-6-7-12(19-2)9-13(10)11/h3-7,9H,8H2,1-2H3,(H,16,17,18). The zero-order valence-electron chi connectivity index (χ0n) is 11.4. The van der Waals surface area contributed by atoms with Crippen molar-refractivity contribution >= 4 is 27.4 Å². The van der Waals surface area contributed by atoms with E-state index in [1.807, 2.05) is 13.1 Å². The van der Waals surface area contributed by atoms with Crippen molar-refractivity contribution in [3.05, 3.63) is 47.8 Å². The zero-order chi connectivity index (χ0) is 13.9. The molecular formula is C15H15N3OS. The molecule has 0 radical (unpaired) electrons. The monoisotopic (exact) mass is 285 g/mol. The van der Waals surface area contributed by atoms with Crippen LogP contribution in [0.1, 0.15) is 11.4 Å². The molecule has 5 heteroatoms. The first-order valence-electron chi connectivity index (χ1n) is 6.36. The van der Waals surface area contributed by atoms with Crippen LogP contribution in [0, 0.1) is 0 Å². The molecule has 1 heterocycles. The number of nitrogens with zero attached hydrogens (tertiary/aromatic N) is 2. The maximum atomic E-state index is 5.31. The second-order valence-electron chi connectivity index (χ2n) is 4.45. The van der Waals surface area contributed by atoms with E-state index in [9.17, 15) is 0 Å². The highest BCUT2D eigenvalue weighted by molar-refractivity contribution is 7.09. The second kappa shape index (κ2) is 5.46. The van der Waals surface area contributed by atoms with Crippen LogP contribution in [0.2, 0.25) is 0 Å². The summed E-state index contributed by atoms with van der Waals surface area (Å²) in [5.74, 6) is 1.71. The molecule has 1 aromatic heterocycles. The molecule has 102 valence electrons. The molecule has 0 amide bonds. The van der Waals surface area contributed by atoms with E-state index < -0.39 is 0 Å². The van der Waals surface area contributed by atoms with Gasteiger partial charge in [0.15, 0.2) is 0 Å². The highest BCUT2D eigenvalue weighted by Crippen LogP contribution is 2.25. The molecule has 0 bridgehead atoms. The summed E-state index contributed by atoms with van der Waals surface area (Å²) in [6, 6.07) is 12.4. The van der Waals surface area contributed by atoms with Crippen LogP contribution in [-0.4, -0.2) is 23.5 Å². The molecule has 4 nitrogen and oxygen atoms in total. The van der Waals surface area contributed by atoms with E-state index in [1.54, 1.807) is 7.11 Å². The van der Waals surface area contributed by atoms with Crippen molar-refractivity contribution in [2.24, 2.45) is 0 Å². The van der Waals surface area contributed by atoms with Crippen LogP contribution >= 0.6 is 11.5 Å². The molecule has 0 aliphatic carbocycles. The van der Waals surface area contributed by atoms with Crippen molar-refractivity contribution in [1.29, 1.82) is 0 Å². The molecule has 3 rings (SSSR count). The Bertz CT molecular complexity index is 739. The molecular weight excluding hydrogens is 270 g/mol. The van der Waals surface area contributed by atoms with Gasteiger partial charge in [-0.2, -0.15) is 4.37 Å². The van der Waals surface area contributed by atoms with Gasteiger partial charge in [-0.25, -0.2) is 4.98 Å². The number of nitrogens with one attached hydrogen (secondary N) is 1. The molecule has 0 aliphatic rings. The molecule has 3 aromatic rings. The minimum absolute atomic E-state index is 0.725. The summed E-state index contributed by atoms with van der Waals surface area (Å²) in [6.45, 7) is 0. The lowest BCUT2D eigenvalue weighted by atomic mass is 10.0. The molecule has 20 heavy (non-hydrogen) atoms. The van der Waals surface area contributed by atoms with Crippen LogP contribution in [0.3, 0.4) is 0 Å². The number of anilines is 1. The van der Waals surface area contributed by atoms with Crippen molar-refractivity contribution in [2.75, 3.05) is 19.5 Å². The summed E-state index contributed by atoms with van der Waals surface area (Å²) in [5, 5.41) is 6.25. The molecule has 2 aromatic carbocycles. The maximum Gasteiger partial charge on any atom is 0.202 e. The number of aromatic nitrogens is 2. The Labute approximate surface area is 121 Å². The Morgan fingerprint density at radius 3 is 2.90 bits per heavy atom. The van der Waals surface area contributed by atoms with E-state index in [1.165, 1.54) is 27.9 Å². The Morgan fingerprint density at radius 1 is 1.25 bits per heavy atom.